The Morgan fingerprint density at radius 2 is 2.16 bits per heavy atom. The molecule has 2 aromatic rings. The number of aliphatic carboxylic acids is 1. The molecule has 0 radical (unpaired) electrons. The van der Waals surface area contributed by atoms with E-state index in [0.29, 0.717) is 17.7 Å². The highest BCUT2D eigenvalue weighted by molar-refractivity contribution is 6.07. The van der Waals surface area contributed by atoms with E-state index >= 15 is 0 Å². The average molecular weight is 345 g/mol. The van der Waals surface area contributed by atoms with Gasteiger partial charge in [-0.1, -0.05) is 13.8 Å². The van der Waals surface area contributed by atoms with Crippen molar-refractivity contribution in [2.75, 3.05) is 6.61 Å². The average Bonchev–Trinajstić information content (AvgIpc) is 3.00. The van der Waals surface area contributed by atoms with Crippen molar-refractivity contribution in [3.63, 3.8) is 0 Å². The third-order valence-corrected chi connectivity index (χ3v) is 5.39. The number of H-pyrrole nitrogens is 1. The first-order valence-corrected chi connectivity index (χ1v) is 8.34. The van der Waals surface area contributed by atoms with Crippen LogP contribution in [0.15, 0.2) is 18.3 Å². The van der Waals surface area contributed by atoms with Crippen LogP contribution < -0.4 is 5.32 Å². The summed E-state index contributed by atoms with van der Waals surface area (Å²) in [6.07, 6.45) is 1.68. The number of rotatable bonds is 5. The Hall–Kier alpha value is -2.41. The number of aromatic amines is 1. The number of nitrogens with zero attached hydrogens (tertiary/aromatic N) is 1. The largest absolute Gasteiger partial charge is 0.479 e. The SMILES string of the molecule is CCOC1CC(NC(=O)c2cc(C)cc3cn[nH]c23)(C(=O)O)C1(C)C. The van der Waals surface area contributed by atoms with Crippen molar-refractivity contribution in [1.82, 2.24) is 15.5 Å². The number of aryl methyl sites for hydroxylation is 1. The monoisotopic (exact) mass is 345 g/mol. The van der Waals surface area contributed by atoms with Gasteiger partial charge in [0.25, 0.3) is 5.91 Å². The summed E-state index contributed by atoms with van der Waals surface area (Å²) in [6, 6.07) is 3.65. The van der Waals surface area contributed by atoms with E-state index in [1.54, 1.807) is 12.3 Å². The molecule has 3 N–H and O–H groups in total. The summed E-state index contributed by atoms with van der Waals surface area (Å²) in [4.78, 5) is 24.9. The predicted octanol–water partition coefficient (Wildman–Crippen LogP) is 2.26. The van der Waals surface area contributed by atoms with Gasteiger partial charge in [0.1, 0.15) is 5.54 Å². The van der Waals surface area contributed by atoms with Crippen LogP contribution in [0.1, 0.15) is 43.1 Å². The smallest absolute Gasteiger partial charge is 0.330 e. The first-order valence-electron chi connectivity index (χ1n) is 8.34. The maximum Gasteiger partial charge on any atom is 0.330 e. The van der Waals surface area contributed by atoms with Crippen LogP contribution in [-0.2, 0) is 9.53 Å². The van der Waals surface area contributed by atoms with Crippen molar-refractivity contribution in [2.24, 2.45) is 5.41 Å². The highest BCUT2D eigenvalue weighted by Crippen LogP contribution is 2.51. The number of nitrogens with one attached hydrogen (secondary N) is 2. The summed E-state index contributed by atoms with van der Waals surface area (Å²) in [5.74, 6) is -1.47. The minimum absolute atomic E-state index is 0.210. The van der Waals surface area contributed by atoms with Gasteiger partial charge in [0.05, 0.1) is 23.4 Å². The molecule has 25 heavy (non-hydrogen) atoms. The fourth-order valence-corrected chi connectivity index (χ4v) is 3.68. The van der Waals surface area contributed by atoms with Crippen molar-refractivity contribution < 1.29 is 19.4 Å². The number of carbonyl (C=O) groups excluding carboxylic acids is 1. The molecule has 1 heterocycles. The number of aromatic nitrogens is 2. The van der Waals surface area contributed by atoms with Gasteiger partial charge in [-0.2, -0.15) is 5.10 Å². The molecule has 1 amide bonds. The first-order chi connectivity index (χ1) is 11.7. The lowest BCUT2D eigenvalue weighted by Gasteiger charge is -2.58. The molecule has 0 spiro atoms. The molecule has 1 fully saturated rings. The summed E-state index contributed by atoms with van der Waals surface area (Å²) in [7, 11) is 0. The van der Waals surface area contributed by atoms with Gasteiger partial charge >= 0.3 is 5.97 Å². The minimum Gasteiger partial charge on any atom is -0.479 e. The zero-order chi connectivity index (χ0) is 18.4. The van der Waals surface area contributed by atoms with Crippen LogP contribution in [-0.4, -0.2) is 45.4 Å². The molecule has 1 saturated carbocycles. The number of carbonyl (C=O) groups is 2. The Bertz CT molecular complexity index is 842. The molecular formula is C18H23N3O4. The quantitative estimate of drug-likeness (QED) is 0.771. The standard InChI is InChI=1S/C18H23N3O4/c1-5-25-13-8-18(16(23)24,17(13,3)4)20-15(22)12-7-10(2)6-11-9-19-21-14(11)12/h6-7,9,13H,5,8H2,1-4H3,(H,19,21)(H,20,22)(H,23,24). The summed E-state index contributed by atoms with van der Waals surface area (Å²) in [5.41, 5.74) is -0.184. The van der Waals surface area contributed by atoms with E-state index in [4.69, 9.17) is 4.74 Å². The zero-order valence-electron chi connectivity index (χ0n) is 14.8. The van der Waals surface area contributed by atoms with E-state index in [2.05, 4.69) is 15.5 Å². The van der Waals surface area contributed by atoms with Gasteiger partial charge in [-0.05, 0) is 31.5 Å². The summed E-state index contributed by atoms with van der Waals surface area (Å²) < 4.78 is 5.63. The molecule has 134 valence electrons. The van der Waals surface area contributed by atoms with Crippen molar-refractivity contribution >= 4 is 22.8 Å². The fraction of sp³-hybridized carbons (Fsp3) is 0.500. The Morgan fingerprint density at radius 1 is 1.44 bits per heavy atom. The molecule has 1 aliphatic rings. The summed E-state index contributed by atoms with van der Waals surface area (Å²) in [5, 5.41) is 20.2. The Balaban J connectivity index is 1.95. The van der Waals surface area contributed by atoms with Crippen LogP contribution >= 0.6 is 0 Å². The van der Waals surface area contributed by atoms with E-state index in [-0.39, 0.29) is 12.5 Å². The molecule has 0 bridgehead atoms. The predicted molar refractivity (Wildman–Crippen MR) is 92.5 cm³/mol. The van der Waals surface area contributed by atoms with Crippen molar-refractivity contribution in [1.29, 1.82) is 0 Å². The van der Waals surface area contributed by atoms with Crippen molar-refractivity contribution in [3.05, 3.63) is 29.5 Å². The second kappa shape index (κ2) is 5.84. The van der Waals surface area contributed by atoms with Gasteiger partial charge in [0, 0.05) is 23.8 Å². The molecule has 1 aromatic carbocycles. The van der Waals surface area contributed by atoms with E-state index in [0.717, 1.165) is 10.9 Å². The fourth-order valence-electron chi connectivity index (χ4n) is 3.68. The molecule has 3 rings (SSSR count). The normalized spacial score (nSPS) is 24.7. The van der Waals surface area contributed by atoms with Crippen LogP contribution in [0.3, 0.4) is 0 Å². The zero-order valence-corrected chi connectivity index (χ0v) is 14.8. The lowest BCUT2D eigenvalue weighted by Crippen LogP contribution is -2.76. The lowest BCUT2D eigenvalue weighted by molar-refractivity contribution is -0.190. The van der Waals surface area contributed by atoms with Gasteiger partial charge in [0.15, 0.2) is 0 Å². The number of fused-ring (bicyclic) bond motifs is 1. The molecule has 2 atom stereocenters. The van der Waals surface area contributed by atoms with Crippen molar-refractivity contribution in [3.8, 4) is 0 Å². The maximum absolute atomic E-state index is 12.9. The molecule has 7 nitrogen and oxygen atoms in total. The number of carboxylic acids is 1. The highest BCUT2D eigenvalue weighted by atomic mass is 16.5. The Kier molecular flexibility index (Phi) is 4.07. The molecular weight excluding hydrogens is 322 g/mol. The third-order valence-electron chi connectivity index (χ3n) is 5.39. The number of carboxylic acid groups (broad SMARTS) is 1. The van der Waals surface area contributed by atoms with Crippen LogP contribution in [0.2, 0.25) is 0 Å². The molecule has 1 aliphatic carbocycles. The molecule has 0 saturated heterocycles. The molecule has 1 aromatic heterocycles. The Labute approximate surface area is 145 Å². The van der Waals surface area contributed by atoms with Crippen LogP contribution in [0.25, 0.3) is 10.9 Å². The van der Waals surface area contributed by atoms with Gasteiger partial charge in [-0.3, -0.25) is 9.89 Å². The van der Waals surface area contributed by atoms with E-state index in [1.807, 2.05) is 33.8 Å². The van der Waals surface area contributed by atoms with Crippen LogP contribution in [0, 0.1) is 12.3 Å². The van der Waals surface area contributed by atoms with Gasteiger partial charge in [-0.15, -0.1) is 0 Å². The number of benzene rings is 1. The van der Waals surface area contributed by atoms with E-state index in [9.17, 15) is 14.7 Å². The highest BCUT2D eigenvalue weighted by Gasteiger charge is 2.66. The summed E-state index contributed by atoms with van der Waals surface area (Å²) >= 11 is 0. The number of hydrogen-bond acceptors (Lipinski definition) is 4. The second-order valence-corrected chi connectivity index (χ2v) is 7.18. The maximum atomic E-state index is 12.9. The van der Waals surface area contributed by atoms with Crippen LogP contribution in [0.4, 0.5) is 0 Å². The van der Waals surface area contributed by atoms with Gasteiger partial charge < -0.3 is 15.2 Å². The van der Waals surface area contributed by atoms with E-state index in [1.165, 1.54) is 0 Å². The van der Waals surface area contributed by atoms with Crippen LogP contribution in [0.5, 0.6) is 0 Å². The number of amides is 1. The third kappa shape index (κ3) is 2.50. The second-order valence-electron chi connectivity index (χ2n) is 7.18. The minimum atomic E-state index is -1.36. The Morgan fingerprint density at radius 3 is 2.76 bits per heavy atom. The summed E-state index contributed by atoms with van der Waals surface area (Å²) in [6.45, 7) is 7.89. The molecule has 0 aliphatic heterocycles. The van der Waals surface area contributed by atoms with Gasteiger partial charge in [0.2, 0.25) is 0 Å². The lowest BCUT2D eigenvalue weighted by atomic mass is 9.54. The molecule has 7 heteroatoms. The van der Waals surface area contributed by atoms with Crippen molar-refractivity contribution in [2.45, 2.75) is 45.8 Å². The first kappa shape index (κ1) is 17.4. The number of ether oxygens (including phenoxy) is 1. The topological polar surface area (TPSA) is 104 Å². The van der Waals surface area contributed by atoms with Gasteiger partial charge in [-0.25, -0.2) is 4.79 Å². The number of hydrogen-bond donors (Lipinski definition) is 3. The molecule has 2 unspecified atom stereocenters. The van der Waals surface area contributed by atoms with E-state index < -0.39 is 22.8 Å².